The van der Waals surface area contributed by atoms with Crippen molar-refractivity contribution in [3.63, 3.8) is 0 Å². The Morgan fingerprint density at radius 2 is 2.24 bits per heavy atom. The normalized spacial score (nSPS) is 11.1. The number of thiophene rings is 1. The van der Waals surface area contributed by atoms with Gasteiger partial charge in [0.05, 0.1) is 16.5 Å². The molecule has 1 aromatic carbocycles. The number of aromatic nitrogens is 1. The van der Waals surface area contributed by atoms with E-state index in [0.29, 0.717) is 10.0 Å². The van der Waals surface area contributed by atoms with Gasteiger partial charge in [0.2, 0.25) is 0 Å². The molecule has 6 heteroatoms. The van der Waals surface area contributed by atoms with Crippen LogP contribution in [-0.4, -0.2) is 18.1 Å². The SMILES string of the molecule is COC(=O)c1cc2ccc3sc(N)nc3c2s1. The van der Waals surface area contributed by atoms with Crippen LogP contribution < -0.4 is 5.73 Å². The van der Waals surface area contributed by atoms with Crippen molar-refractivity contribution in [1.29, 1.82) is 0 Å². The number of nitrogens with two attached hydrogens (primary N) is 1. The lowest BCUT2D eigenvalue weighted by atomic mass is 10.2. The molecule has 2 N–H and O–H groups in total. The number of hydrogen-bond acceptors (Lipinski definition) is 6. The first-order chi connectivity index (χ1) is 8.19. The van der Waals surface area contributed by atoms with Crippen LogP contribution in [0.2, 0.25) is 0 Å². The molecule has 2 heterocycles. The highest BCUT2D eigenvalue weighted by molar-refractivity contribution is 7.24. The van der Waals surface area contributed by atoms with Crippen molar-refractivity contribution in [3.05, 3.63) is 23.1 Å². The Morgan fingerprint density at radius 1 is 1.41 bits per heavy atom. The van der Waals surface area contributed by atoms with Crippen LogP contribution in [0.15, 0.2) is 18.2 Å². The number of esters is 1. The minimum atomic E-state index is -0.317. The summed E-state index contributed by atoms with van der Waals surface area (Å²) in [7, 11) is 1.38. The van der Waals surface area contributed by atoms with Crippen molar-refractivity contribution < 1.29 is 9.53 Å². The molecule has 86 valence electrons. The van der Waals surface area contributed by atoms with Crippen molar-refractivity contribution in [1.82, 2.24) is 4.98 Å². The van der Waals surface area contributed by atoms with Gasteiger partial charge in [-0.15, -0.1) is 11.3 Å². The summed E-state index contributed by atoms with van der Waals surface area (Å²) in [6.07, 6.45) is 0. The second-order valence-electron chi connectivity index (χ2n) is 3.48. The maximum atomic E-state index is 11.5. The molecule has 0 amide bonds. The summed E-state index contributed by atoms with van der Waals surface area (Å²) >= 11 is 2.83. The van der Waals surface area contributed by atoms with Gasteiger partial charge in [-0.1, -0.05) is 17.4 Å². The van der Waals surface area contributed by atoms with Gasteiger partial charge in [-0.25, -0.2) is 9.78 Å². The molecule has 17 heavy (non-hydrogen) atoms. The number of carbonyl (C=O) groups excluding carboxylic acids is 1. The summed E-state index contributed by atoms with van der Waals surface area (Å²) < 4.78 is 6.73. The summed E-state index contributed by atoms with van der Waals surface area (Å²) in [6, 6.07) is 5.76. The Balaban J connectivity index is 2.34. The molecule has 4 nitrogen and oxygen atoms in total. The summed E-state index contributed by atoms with van der Waals surface area (Å²) in [5.74, 6) is -0.317. The van der Waals surface area contributed by atoms with Crippen LogP contribution in [0, 0.1) is 0 Å². The zero-order chi connectivity index (χ0) is 12.0. The Kier molecular flexibility index (Phi) is 2.27. The predicted molar refractivity (Wildman–Crippen MR) is 70.8 cm³/mol. The molecular formula is C11H8N2O2S2. The average Bonchev–Trinajstić information content (AvgIpc) is 2.89. The summed E-state index contributed by atoms with van der Waals surface area (Å²) in [5, 5.41) is 1.54. The number of thiazole rings is 1. The molecule has 0 unspecified atom stereocenters. The Hall–Kier alpha value is -1.66. The number of nitrogens with zero attached hydrogens (tertiary/aromatic N) is 1. The van der Waals surface area contributed by atoms with Crippen LogP contribution in [0.3, 0.4) is 0 Å². The van der Waals surface area contributed by atoms with E-state index in [4.69, 9.17) is 10.5 Å². The van der Waals surface area contributed by atoms with Crippen molar-refractivity contribution in [3.8, 4) is 0 Å². The number of methoxy groups -OCH3 is 1. The third-order valence-electron chi connectivity index (χ3n) is 2.45. The number of nitrogen functional groups attached to an aromatic ring is 1. The highest BCUT2D eigenvalue weighted by Gasteiger charge is 2.13. The van der Waals surface area contributed by atoms with Crippen molar-refractivity contribution in [2.75, 3.05) is 12.8 Å². The minimum Gasteiger partial charge on any atom is -0.465 e. The molecular weight excluding hydrogens is 256 g/mol. The van der Waals surface area contributed by atoms with Crippen molar-refractivity contribution in [2.24, 2.45) is 0 Å². The lowest BCUT2D eigenvalue weighted by molar-refractivity contribution is 0.0606. The molecule has 0 aliphatic carbocycles. The Morgan fingerprint density at radius 3 is 3.00 bits per heavy atom. The fraction of sp³-hybridized carbons (Fsp3) is 0.0909. The largest absolute Gasteiger partial charge is 0.465 e. The standard InChI is InChI=1S/C11H8N2O2S2/c1-15-10(14)7-4-5-2-3-6-8(9(5)16-7)13-11(12)17-6/h2-4H,1H3,(H2,12,13). The van der Waals surface area contributed by atoms with E-state index in [0.717, 1.165) is 20.3 Å². The van der Waals surface area contributed by atoms with E-state index in [9.17, 15) is 4.79 Å². The quantitative estimate of drug-likeness (QED) is 0.686. The molecule has 0 fully saturated rings. The third kappa shape index (κ3) is 1.57. The molecule has 0 spiro atoms. The molecule has 0 saturated heterocycles. The zero-order valence-corrected chi connectivity index (χ0v) is 10.5. The topological polar surface area (TPSA) is 65.2 Å². The van der Waals surface area contributed by atoms with Crippen molar-refractivity contribution >= 4 is 54.1 Å². The van der Waals surface area contributed by atoms with Gasteiger partial charge in [-0.3, -0.25) is 0 Å². The highest BCUT2D eigenvalue weighted by Crippen LogP contribution is 2.35. The minimum absolute atomic E-state index is 0.317. The lowest BCUT2D eigenvalue weighted by Crippen LogP contribution is -1.96. The molecule has 0 atom stereocenters. The van der Waals surface area contributed by atoms with Crippen LogP contribution in [0.1, 0.15) is 9.67 Å². The average molecular weight is 264 g/mol. The van der Waals surface area contributed by atoms with Gasteiger partial charge in [0.25, 0.3) is 0 Å². The van der Waals surface area contributed by atoms with Gasteiger partial charge in [0.15, 0.2) is 5.13 Å². The molecule has 0 saturated carbocycles. The number of anilines is 1. The van der Waals surface area contributed by atoms with Gasteiger partial charge < -0.3 is 10.5 Å². The van der Waals surface area contributed by atoms with E-state index >= 15 is 0 Å². The van der Waals surface area contributed by atoms with Crippen LogP contribution >= 0.6 is 22.7 Å². The Labute approximate surface area is 105 Å². The van der Waals surface area contributed by atoms with E-state index in [-0.39, 0.29) is 5.97 Å². The van der Waals surface area contributed by atoms with E-state index in [1.54, 1.807) is 0 Å². The number of benzene rings is 1. The van der Waals surface area contributed by atoms with Crippen LogP contribution in [0.25, 0.3) is 20.3 Å². The fourth-order valence-electron chi connectivity index (χ4n) is 1.71. The molecule has 2 aromatic heterocycles. The molecule has 0 aliphatic heterocycles. The second kappa shape index (κ2) is 3.68. The van der Waals surface area contributed by atoms with Crippen LogP contribution in [0.4, 0.5) is 5.13 Å². The van der Waals surface area contributed by atoms with Crippen LogP contribution in [0.5, 0.6) is 0 Å². The molecule has 0 bridgehead atoms. The third-order valence-corrected chi connectivity index (χ3v) is 4.43. The predicted octanol–water partition coefficient (Wildman–Crippen LogP) is 2.88. The molecule has 0 aliphatic rings. The van der Waals surface area contributed by atoms with Gasteiger partial charge in [-0.05, 0) is 17.5 Å². The molecule has 3 rings (SSSR count). The van der Waals surface area contributed by atoms with Gasteiger partial charge >= 0.3 is 5.97 Å². The molecule has 0 radical (unpaired) electrons. The van der Waals surface area contributed by atoms with Gasteiger partial charge in [0, 0.05) is 0 Å². The van der Waals surface area contributed by atoms with E-state index in [1.807, 2.05) is 18.2 Å². The molecule has 3 aromatic rings. The maximum absolute atomic E-state index is 11.5. The Bertz CT molecular complexity index is 730. The van der Waals surface area contributed by atoms with Crippen molar-refractivity contribution in [2.45, 2.75) is 0 Å². The smallest absolute Gasteiger partial charge is 0.348 e. The van der Waals surface area contributed by atoms with Crippen LogP contribution in [-0.2, 0) is 4.74 Å². The number of ether oxygens (including phenoxy) is 1. The summed E-state index contributed by atoms with van der Waals surface area (Å²) in [6.45, 7) is 0. The van der Waals surface area contributed by atoms with E-state index < -0.39 is 0 Å². The first-order valence-corrected chi connectivity index (χ1v) is 6.49. The number of hydrogen-bond donors (Lipinski definition) is 1. The zero-order valence-electron chi connectivity index (χ0n) is 8.89. The first kappa shape index (κ1) is 10.5. The highest BCUT2D eigenvalue weighted by atomic mass is 32.1. The summed E-state index contributed by atoms with van der Waals surface area (Å²) in [5.41, 5.74) is 6.56. The van der Waals surface area contributed by atoms with E-state index in [2.05, 4.69) is 4.98 Å². The fourth-order valence-corrected chi connectivity index (χ4v) is 3.58. The first-order valence-electron chi connectivity index (χ1n) is 4.86. The number of rotatable bonds is 1. The second-order valence-corrected chi connectivity index (χ2v) is 5.60. The summed E-state index contributed by atoms with van der Waals surface area (Å²) in [4.78, 5) is 16.3. The van der Waals surface area contributed by atoms with Gasteiger partial charge in [0.1, 0.15) is 10.4 Å². The maximum Gasteiger partial charge on any atom is 0.348 e. The number of carbonyl (C=O) groups is 1. The monoisotopic (exact) mass is 264 g/mol. The number of fused-ring (bicyclic) bond motifs is 3. The van der Waals surface area contributed by atoms with E-state index in [1.165, 1.54) is 29.8 Å². The van der Waals surface area contributed by atoms with Gasteiger partial charge in [-0.2, -0.15) is 0 Å². The lowest BCUT2D eigenvalue weighted by Gasteiger charge is -1.90.